The van der Waals surface area contributed by atoms with E-state index in [-0.39, 0.29) is 24.8 Å². The number of ether oxygens (including phenoxy) is 2. The molecule has 174 valence electrons. The minimum absolute atomic E-state index is 0.0824. The Bertz CT molecular complexity index is 1160. The summed E-state index contributed by atoms with van der Waals surface area (Å²) in [6.45, 7) is 4.59. The second-order valence-corrected chi connectivity index (χ2v) is 8.12. The van der Waals surface area contributed by atoms with Crippen LogP contribution in [-0.4, -0.2) is 58.1 Å². The Balaban J connectivity index is 1.82. The first-order valence-electron chi connectivity index (χ1n) is 11.1. The summed E-state index contributed by atoms with van der Waals surface area (Å²) < 4.78 is 11.4. The normalized spacial score (nSPS) is 15.1. The van der Waals surface area contributed by atoms with Gasteiger partial charge in [-0.3, -0.25) is 9.89 Å². The van der Waals surface area contributed by atoms with Crippen LogP contribution in [0.5, 0.6) is 17.2 Å². The number of carbonyl (C=O) groups excluding carboxylic acids is 1. The average molecular weight is 452 g/mol. The number of aromatic hydroxyl groups is 1. The highest BCUT2D eigenvalue weighted by Gasteiger charge is 2.42. The molecule has 33 heavy (non-hydrogen) atoms. The molecule has 0 bridgehead atoms. The number of amides is 1. The number of aliphatic hydroxyl groups is 1. The number of aromatic amines is 1. The molecule has 0 radical (unpaired) electrons. The van der Waals surface area contributed by atoms with E-state index < -0.39 is 6.04 Å². The SMILES string of the molecule is CCCCOc1ccc([C@@H]2c3c(-c4cc(C)ccc4O)n[nH]c3C(=O)N2CCO)cc1OC. The van der Waals surface area contributed by atoms with E-state index >= 15 is 0 Å². The average Bonchev–Trinajstić information content (AvgIpc) is 3.35. The lowest BCUT2D eigenvalue weighted by Gasteiger charge is -2.26. The molecule has 0 spiro atoms. The van der Waals surface area contributed by atoms with Crippen LogP contribution in [0.2, 0.25) is 0 Å². The van der Waals surface area contributed by atoms with E-state index in [1.54, 1.807) is 18.1 Å². The summed E-state index contributed by atoms with van der Waals surface area (Å²) in [5.41, 5.74) is 3.82. The Morgan fingerprint density at radius 1 is 1.18 bits per heavy atom. The molecule has 1 aliphatic heterocycles. The molecule has 2 heterocycles. The number of phenolic OH excluding ortho intramolecular Hbond substituents is 1. The highest BCUT2D eigenvalue weighted by molar-refractivity contribution is 6.00. The highest BCUT2D eigenvalue weighted by atomic mass is 16.5. The molecule has 3 N–H and O–H groups in total. The first-order chi connectivity index (χ1) is 16.0. The second-order valence-electron chi connectivity index (χ2n) is 8.12. The number of benzene rings is 2. The molecule has 0 unspecified atom stereocenters. The lowest BCUT2D eigenvalue weighted by Crippen LogP contribution is -2.32. The molecule has 0 saturated carbocycles. The van der Waals surface area contributed by atoms with Crippen molar-refractivity contribution in [3.8, 4) is 28.5 Å². The summed E-state index contributed by atoms with van der Waals surface area (Å²) in [6.07, 6.45) is 1.96. The van der Waals surface area contributed by atoms with E-state index in [4.69, 9.17) is 9.47 Å². The molecule has 4 rings (SSSR count). The number of methoxy groups -OCH3 is 1. The van der Waals surface area contributed by atoms with Gasteiger partial charge in [0.25, 0.3) is 5.91 Å². The lowest BCUT2D eigenvalue weighted by molar-refractivity contribution is 0.0706. The lowest BCUT2D eigenvalue weighted by atomic mass is 9.95. The molecule has 0 fully saturated rings. The van der Waals surface area contributed by atoms with Crippen LogP contribution in [0.3, 0.4) is 0 Å². The van der Waals surface area contributed by atoms with E-state index in [1.807, 2.05) is 37.3 Å². The zero-order valence-electron chi connectivity index (χ0n) is 19.1. The highest BCUT2D eigenvalue weighted by Crippen LogP contribution is 2.45. The van der Waals surface area contributed by atoms with Crippen molar-refractivity contribution in [3.63, 3.8) is 0 Å². The maximum absolute atomic E-state index is 13.2. The summed E-state index contributed by atoms with van der Waals surface area (Å²) in [7, 11) is 1.58. The van der Waals surface area contributed by atoms with Gasteiger partial charge in [0.1, 0.15) is 17.1 Å². The van der Waals surface area contributed by atoms with Crippen LogP contribution in [0.15, 0.2) is 36.4 Å². The van der Waals surface area contributed by atoms with Gasteiger partial charge in [0.2, 0.25) is 0 Å². The Hall–Kier alpha value is -3.52. The standard InChI is InChI=1S/C25H29N3O5/c1-4-5-12-33-19-9-7-16(14-20(19)32-3)24-21-22(17-13-15(2)6-8-18(17)30)26-27-23(21)25(31)28(24)10-11-29/h6-9,13-14,24,29-30H,4-5,10-12H2,1-3H3,(H,26,27)/t24-/m1/s1. The number of fused-ring (bicyclic) bond motifs is 1. The number of aromatic nitrogens is 2. The van der Waals surface area contributed by atoms with E-state index in [0.717, 1.165) is 24.0 Å². The number of aryl methyl sites for hydroxylation is 1. The minimum atomic E-state index is -0.507. The van der Waals surface area contributed by atoms with Crippen LogP contribution in [-0.2, 0) is 0 Å². The van der Waals surface area contributed by atoms with Crippen molar-refractivity contribution < 1.29 is 24.5 Å². The fourth-order valence-electron chi connectivity index (χ4n) is 4.23. The van der Waals surface area contributed by atoms with Gasteiger partial charge in [-0.25, -0.2) is 0 Å². The number of nitrogens with one attached hydrogen (secondary N) is 1. The van der Waals surface area contributed by atoms with Crippen LogP contribution in [0.25, 0.3) is 11.3 Å². The Kier molecular flexibility index (Phi) is 6.55. The molecule has 1 atom stereocenters. The molecule has 3 aromatic rings. The number of unbranched alkanes of at least 4 members (excludes halogenated alkanes) is 1. The monoisotopic (exact) mass is 451 g/mol. The quantitative estimate of drug-likeness (QED) is 0.427. The first-order valence-corrected chi connectivity index (χ1v) is 11.1. The Morgan fingerprint density at radius 3 is 2.73 bits per heavy atom. The smallest absolute Gasteiger partial charge is 0.273 e. The van der Waals surface area contributed by atoms with Gasteiger partial charge in [0.05, 0.1) is 26.4 Å². The molecular weight excluding hydrogens is 422 g/mol. The van der Waals surface area contributed by atoms with E-state index in [2.05, 4.69) is 17.1 Å². The predicted molar refractivity (Wildman–Crippen MR) is 124 cm³/mol. The van der Waals surface area contributed by atoms with Gasteiger partial charge >= 0.3 is 0 Å². The van der Waals surface area contributed by atoms with Crippen LogP contribution in [0, 0.1) is 6.92 Å². The molecular formula is C25H29N3O5. The molecule has 1 aliphatic rings. The predicted octanol–water partition coefficient (Wildman–Crippen LogP) is 3.82. The molecule has 0 aliphatic carbocycles. The van der Waals surface area contributed by atoms with Crippen molar-refractivity contribution >= 4 is 5.91 Å². The number of nitrogens with zero attached hydrogens (tertiary/aromatic N) is 2. The van der Waals surface area contributed by atoms with Gasteiger partial charge < -0.3 is 24.6 Å². The first kappa shape index (κ1) is 22.7. The van der Waals surface area contributed by atoms with E-state index in [1.165, 1.54) is 0 Å². The maximum Gasteiger partial charge on any atom is 0.273 e. The number of aliphatic hydroxyl groups excluding tert-OH is 1. The number of hydrogen-bond acceptors (Lipinski definition) is 6. The summed E-state index contributed by atoms with van der Waals surface area (Å²) in [6, 6.07) is 10.4. The number of hydrogen-bond donors (Lipinski definition) is 3. The van der Waals surface area contributed by atoms with Gasteiger partial charge in [-0.2, -0.15) is 5.10 Å². The van der Waals surface area contributed by atoms with Crippen molar-refractivity contribution in [3.05, 3.63) is 58.8 Å². The zero-order valence-corrected chi connectivity index (χ0v) is 19.1. The largest absolute Gasteiger partial charge is 0.507 e. The minimum Gasteiger partial charge on any atom is -0.507 e. The molecule has 2 aromatic carbocycles. The van der Waals surface area contributed by atoms with Crippen LogP contribution < -0.4 is 9.47 Å². The van der Waals surface area contributed by atoms with Gasteiger partial charge in [-0.05, 0) is 43.2 Å². The Labute approximate surface area is 192 Å². The van der Waals surface area contributed by atoms with Crippen LogP contribution in [0.1, 0.15) is 53.0 Å². The van der Waals surface area contributed by atoms with Crippen LogP contribution in [0.4, 0.5) is 0 Å². The third kappa shape index (κ3) is 4.14. The second kappa shape index (κ2) is 9.54. The van der Waals surface area contributed by atoms with Gasteiger partial charge in [-0.1, -0.05) is 31.0 Å². The summed E-state index contributed by atoms with van der Waals surface area (Å²) in [5, 5.41) is 27.4. The summed E-state index contributed by atoms with van der Waals surface area (Å²) in [4.78, 5) is 14.8. The van der Waals surface area contributed by atoms with Gasteiger partial charge in [0, 0.05) is 17.7 Å². The van der Waals surface area contributed by atoms with Crippen molar-refractivity contribution in [1.29, 1.82) is 0 Å². The molecule has 8 nitrogen and oxygen atoms in total. The van der Waals surface area contributed by atoms with Gasteiger partial charge in [0.15, 0.2) is 11.5 Å². The number of H-pyrrole nitrogens is 1. The molecule has 0 saturated heterocycles. The third-order valence-electron chi connectivity index (χ3n) is 5.87. The Morgan fingerprint density at radius 2 is 2.00 bits per heavy atom. The van der Waals surface area contributed by atoms with E-state index in [0.29, 0.717) is 40.6 Å². The van der Waals surface area contributed by atoms with Crippen molar-refractivity contribution in [2.24, 2.45) is 0 Å². The fourth-order valence-corrected chi connectivity index (χ4v) is 4.23. The fraction of sp³-hybridized carbons (Fsp3) is 0.360. The topological polar surface area (TPSA) is 108 Å². The third-order valence-corrected chi connectivity index (χ3v) is 5.87. The number of carbonyl (C=O) groups is 1. The number of β-amino-alcohol motifs (C(OH)–C–C–N with tert-alkyl or cyclic N) is 1. The van der Waals surface area contributed by atoms with Crippen molar-refractivity contribution in [1.82, 2.24) is 15.1 Å². The van der Waals surface area contributed by atoms with Crippen molar-refractivity contribution in [2.45, 2.75) is 32.7 Å². The van der Waals surface area contributed by atoms with E-state index in [9.17, 15) is 15.0 Å². The summed E-state index contributed by atoms with van der Waals surface area (Å²) in [5.74, 6) is 1.03. The maximum atomic E-state index is 13.2. The number of phenols is 1. The zero-order chi connectivity index (χ0) is 23.5. The van der Waals surface area contributed by atoms with Crippen LogP contribution >= 0.6 is 0 Å². The van der Waals surface area contributed by atoms with Crippen molar-refractivity contribution in [2.75, 3.05) is 26.9 Å². The molecule has 1 aromatic heterocycles. The summed E-state index contributed by atoms with van der Waals surface area (Å²) >= 11 is 0. The molecule has 1 amide bonds. The number of rotatable bonds is 9. The van der Waals surface area contributed by atoms with Gasteiger partial charge in [-0.15, -0.1) is 0 Å². The molecule has 8 heteroatoms.